The van der Waals surface area contributed by atoms with Gasteiger partial charge >= 0.3 is 5.97 Å². The van der Waals surface area contributed by atoms with E-state index in [2.05, 4.69) is 26.0 Å². The van der Waals surface area contributed by atoms with Crippen LogP contribution in [-0.2, 0) is 11.3 Å². The van der Waals surface area contributed by atoms with Crippen LogP contribution in [0.15, 0.2) is 33.2 Å². The SMILES string of the molecule is COC(=O)c1ccc(CNc2c(F)cc(F)cc2Br)o1. The first-order valence-corrected chi connectivity index (χ1v) is 6.36. The molecule has 1 aromatic carbocycles. The number of rotatable bonds is 4. The molecule has 1 heterocycles. The average molecular weight is 346 g/mol. The van der Waals surface area contributed by atoms with Gasteiger partial charge in [0.05, 0.1) is 19.3 Å². The summed E-state index contributed by atoms with van der Waals surface area (Å²) in [5, 5.41) is 2.76. The highest BCUT2D eigenvalue weighted by Crippen LogP contribution is 2.27. The highest BCUT2D eigenvalue weighted by Gasteiger charge is 2.13. The molecule has 106 valence electrons. The van der Waals surface area contributed by atoms with Gasteiger partial charge in [0, 0.05) is 10.5 Å². The molecule has 0 saturated heterocycles. The summed E-state index contributed by atoms with van der Waals surface area (Å²) in [5.41, 5.74) is 0.113. The summed E-state index contributed by atoms with van der Waals surface area (Å²) in [6.07, 6.45) is 0. The number of esters is 1. The molecule has 0 fully saturated rings. The molecule has 0 radical (unpaired) electrons. The van der Waals surface area contributed by atoms with Gasteiger partial charge in [-0.05, 0) is 34.1 Å². The molecule has 20 heavy (non-hydrogen) atoms. The molecule has 0 atom stereocenters. The Morgan fingerprint density at radius 2 is 2.15 bits per heavy atom. The van der Waals surface area contributed by atoms with Crippen molar-refractivity contribution in [1.82, 2.24) is 0 Å². The molecule has 1 aromatic heterocycles. The standard InChI is InChI=1S/C13H10BrF2NO3/c1-19-13(18)11-3-2-8(20-11)6-17-12-9(14)4-7(15)5-10(12)16/h2-5,17H,6H2,1H3. The van der Waals surface area contributed by atoms with Crippen molar-refractivity contribution in [3.05, 3.63) is 51.9 Å². The first-order valence-electron chi connectivity index (χ1n) is 5.56. The van der Waals surface area contributed by atoms with E-state index in [1.807, 2.05) is 0 Å². The number of methoxy groups -OCH3 is 1. The second-order valence-electron chi connectivity index (χ2n) is 3.86. The van der Waals surface area contributed by atoms with E-state index in [1.54, 1.807) is 6.07 Å². The van der Waals surface area contributed by atoms with Gasteiger partial charge in [-0.15, -0.1) is 0 Å². The highest BCUT2D eigenvalue weighted by molar-refractivity contribution is 9.10. The lowest BCUT2D eigenvalue weighted by Crippen LogP contribution is -2.02. The fourth-order valence-corrected chi connectivity index (χ4v) is 2.12. The minimum atomic E-state index is -0.725. The lowest BCUT2D eigenvalue weighted by Gasteiger charge is -2.08. The van der Waals surface area contributed by atoms with Crippen LogP contribution in [0.25, 0.3) is 0 Å². The van der Waals surface area contributed by atoms with Crippen molar-refractivity contribution in [1.29, 1.82) is 0 Å². The number of nitrogens with one attached hydrogen (secondary N) is 1. The number of benzene rings is 1. The van der Waals surface area contributed by atoms with Gasteiger partial charge in [-0.3, -0.25) is 0 Å². The van der Waals surface area contributed by atoms with Crippen LogP contribution in [0, 0.1) is 11.6 Å². The predicted octanol–water partition coefficient (Wildman–Crippen LogP) is 3.72. The number of furan rings is 1. The second kappa shape index (κ2) is 6.04. The van der Waals surface area contributed by atoms with Crippen molar-refractivity contribution in [2.24, 2.45) is 0 Å². The Bertz CT molecular complexity index is 619. The van der Waals surface area contributed by atoms with Crippen molar-refractivity contribution < 1.29 is 22.7 Å². The summed E-state index contributed by atoms with van der Waals surface area (Å²) >= 11 is 3.06. The first kappa shape index (κ1) is 14.5. The van der Waals surface area contributed by atoms with Crippen LogP contribution < -0.4 is 5.32 Å². The van der Waals surface area contributed by atoms with Gasteiger partial charge in [0.1, 0.15) is 17.4 Å². The lowest BCUT2D eigenvalue weighted by molar-refractivity contribution is 0.0563. The maximum Gasteiger partial charge on any atom is 0.373 e. The van der Waals surface area contributed by atoms with Crippen molar-refractivity contribution in [2.45, 2.75) is 6.54 Å². The highest BCUT2D eigenvalue weighted by atomic mass is 79.9. The Hall–Kier alpha value is -1.89. The van der Waals surface area contributed by atoms with Crippen LogP contribution in [0.2, 0.25) is 0 Å². The Morgan fingerprint density at radius 1 is 1.40 bits per heavy atom. The van der Waals surface area contributed by atoms with Crippen LogP contribution in [0.5, 0.6) is 0 Å². The quantitative estimate of drug-likeness (QED) is 0.858. The molecular formula is C13H10BrF2NO3. The molecule has 2 aromatic rings. The normalized spacial score (nSPS) is 10.4. The maximum atomic E-state index is 13.6. The topological polar surface area (TPSA) is 51.5 Å². The zero-order valence-electron chi connectivity index (χ0n) is 10.4. The van der Waals surface area contributed by atoms with E-state index in [9.17, 15) is 13.6 Å². The third-order valence-electron chi connectivity index (χ3n) is 2.49. The monoisotopic (exact) mass is 345 g/mol. The van der Waals surface area contributed by atoms with Gasteiger partial charge in [-0.2, -0.15) is 0 Å². The molecule has 1 N–H and O–H groups in total. The summed E-state index contributed by atoms with van der Waals surface area (Å²) in [5.74, 6) is -1.52. The van der Waals surface area contributed by atoms with Crippen molar-refractivity contribution in [3.63, 3.8) is 0 Å². The molecule has 2 rings (SSSR count). The molecule has 7 heteroatoms. The number of hydrogen-bond donors (Lipinski definition) is 1. The van der Waals surface area contributed by atoms with Crippen LogP contribution in [0.1, 0.15) is 16.3 Å². The molecule has 0 bridgehead atoms. The summed E-state index contributed by atoms with van der Waals surface area (Å²) in [6, 6.07) is 4.94. The van der Waals surface area contributed by atoms with Gasteiger partial charge in [0.15, 0.2) is 0 Å². The fourth-order valence-electron chi connectivity index (χ4n) is 1.57. The zero-order chi connectivity index (χ0) is 14.7. The minimum Gasteiger partial charge on any atom is -0.463 e. The summed E-state index contributed by atoms with van der Waals surface area (Å²) in [7, 11) is 1.24. The smallest absolute Gasteiger partial charge is 0.373 e. The van der Waals surface area contributed by atoms with Crippen LogP contribution in [-0.4, -0.2) is 13.1 Å². The minimum absolute atomic E-state index is 0.0583. The molecule has 4 nitrogen and oxygen atoms in total. The van der Waals surface area contributed by atoms with E-state index in [0.29, 0.717) is 5.76 Å². The number of hydrogen-bond acceptors (Lipinski definition) is 4. The molecule has 0 spiro atoms. The lowest BCUT2D eigenvalue weighted by atomic mass is 10.3. The van der Waals surface area contributed by atoms with Crippen molar-refractivity contribution >= 4 is 27.6 Å². The van der Waals surface area contributed by atoms with E-state index in [0.717, 1.165) is 12.1 Å². The Balaban J connectivity index is 2.09. The van der Waals surface area contributed by atoms with E-state index in [1.165, 1.54) is 13.2 Å². The van der Waals surface area contributed by atoms with Gasteiger partial charge in [-0.1, -0.05) is 0 Å². The predicted molar refractivity (Wildman–Crippen MR) is 71.4 cm³/mol. The third-order valence-corrected chi connectivity index (χ3v) is 3.12. The van der Waals surface area contributed by atoms with E-state index < -0.39 is 17.6 Å². The number of carbonyl (C=O) groups excluding carboxylic acids is 1. The Kier molecular flexibility index (Phi) is 4.39. The number of ether oxygens (including phenoxy) is 1. The zero-order valence-corrected chi connectivity index (χ0v) is 12.0. The molecule has 0 unspecified atom stereocenters. The van der Waals surface area contributed by atoms with E-state index in [-0.39, 0.29) is 22.5 Å². The molecule has 0 aliphatic heterocycles. The molecule has 0 saturated carbocycles. The number of carbonyl (C=O) groups is 1. The van der Waals surface area contributed by atoms with E-state index >= 15 is 0 Å². The largest absolute Gasteiger partial charge is 0.463 e. The molecule has 0 aliphatic carbocycles. The van der Waals surface area contributed by atoms with Gasteiger partial charge < -0.3 is 14.5 Å². The maximum absolute atomic E-state index is 13.6. The van der Waals surface area contributed by atoms with Crippen LogP contribution >= 0.6 is 15.9 Å². The summed E-state index contributed by atoms with van der Waals surface area (Å²) in [6.45, 7) is 0.137. The fraction of sp³-hybridized carbons (Fsp3) is 0.154. The molecule has 0 amide bonds. The van der Waals surface area contributed by atoms with Crippen LogP contribution in [0.3, 0.4) is 0 Å². The summed E-state index contributed by atoms with van der Waals surface area (Å²) < 4.78 is 36.5. The Morgan fingerprint density at radius 3 is 2.80 bits per heavy atom. The van der Waals surface area contributed by atoms with Gasteiger partial charge in [0.25, 0.3) is 0 Å². The Labute approximate surface area is 121 Å². The first-order chi connectivity index (χ1) is 9.51. The van der Waals surface area contributed by atoms with Crippen molar-refractivity contribution in [2.75, 3.05) is 12.4 Å². The van der Waals surface area contributed by atoms with Crippen molar-refractivity contribution in [3.8, 4) is 0 Å². The third kappa shape index (κ3) is 3.16. The average Bonchev–Trinajstić information content (AvgIpc) is 2.85. The molecular weight excluding hydrogens is 336 g/mol. The molecule has 0 aliphatic rings. The number of halogens is 3. The van der Waals surface area contributed by atoms with E-state index in [4.69, 9.17) is 4.42 Å². The summed E-state index contributed by atoms with van der Waals surface area (Å²) in [4.78, 5) is 11.2. The second-order valence-corrected chi connectivity index (χ2v) is 4.71. The van der Waals surface area contributed by atoms with Gasteiger partial charge in [-0.25, -0.2) is 13.6 Å². The number of anilines is 1. The van der Waals surface area contributed by atoms with Crippen LogP contribution in [0.4, 0.5) is 14.5 Å². The van der Waals surface area contributed by atoms with Gasteiger partial charge in [0.2, 0.25) is 5.76 Å².